The third-order valence-electron chi connectivity index (χ3n) is 4.15. The highest BCUT2D eigenvalue weighted by Crippen LogP contribution is 2.29. The van der Waals surface area contributed by atoms with Gasteiger partial charge in [-0.05, 0) is 36.5 Å². The standard InChI is InChI=1S/C16H18F3N3O/c1-9-5-10(2)8-22(7-9)14(23)11-3-4-12-13(6-11)21-15(20-12)16(17,18)19/h3-4,6,9-10H,5,7-8H2,1-2H3,(H,20,21)/t9-,10-/m0/s1. The molecule has 7 heteroatoms. The van der Waals surface area contributed by atoms with Gasteiger partial charge in [0.2, 0.25) is 5.82 Å². The predicted molar refractivity (Wildman–Crippen MR) is 79.9 cm³/mol. The zero-order chi connectivity index (χ0) is 16.8. The second kappa shape index (κ2) is 5.54. The van der Waals surface area contributed by atoms with Gasteiger partial charge in [0.05, 0.1) is 11.0 Å². The molecule has 0 unspecified atom stereocenters. The molecule has 3 rings (SSSR count). The number of piperidine rings is 1. The van der Waals surface area contributed by atoms with Crippen LogP contribution in [0.1, 0.15) is 36.5 Å². The highest BCUT2D eigenvalue weighted by atomic mass is 19.4. The molecule has 1 saturated heterocycles. The Morgan fingerprint density at radius 1 is 1.26 bits per heavy atom. The monoisotopic (exact) mass is 325 g/mol. The molecule has 0 saturated carbocycles. The van der Waals surface area contributed by atoms with Gasteiger partial charge in [-0.15, -0.1) is 0 Å². The molecule has 1 aliphatic heterocycles. The Balaban J connectivity index is 1.89. The van der Waals surface area contributed by atoms with Gasteiger partial charge in [-0.25, -0.2) is 4.98 Å². The van der Waals surface area contributed by atoms with Crippen LogP contribution in [-0.2, 0) is 6.18 Å². The lowest BCUT2D eigenvalue weighted by Crippen LogP contribution is -2.42. The van der Waals surface area contributed by atoms with Gasteiger partial charge in [-0.2, -0.15) is 13.2 Å². The summed E-state index contributed by atoms with van der Waals surface area (Å²) in [5, 5.41) is 0. The maximum Gasteiger partial charge on any atom is 0.449 e. The summed E-state index contributed by atoms with van der Waals surface area (Å²) in [6.45, 7) is 5.56. The third-order valence-corrected chi connectivity index (χ3v) is 4.15. The Morgan fingerprint density at radius 3 is 2.52 bits per heavy atom. The predicted octanol–water partition coefficient (Wildman–Crippen LogP) is 3.70. The average Bonchev–Trinajstić information content (AvgIpc) is 2.88. The number of hydrogen-bond donors (Lipinski definition) is 1. The van der Waals surface area contributed by atoms with E-state index >= 15 is 0 Å². The number of alkyl halides is 3. The molecule has 2 heterocycles. The smallest absolute Gasteiger partial charge is 0.338 e. The van der Waals surface area contributed by atoms with Crippen LogP contribution in [0.25, 0.3) is 11.0 Å². The molecule has 23 heavy (non-hydrogen) atoms. The summed E-state index contributed by atoms with van der Waals surface area (Å²) >= 11 is 0. The van der Waals surface area contributed by atoms with E-state index in [2.05, 4.69) is 23.8 Å². The molecular weight excluding hydrogens is 307 g/mol. The van der Waals surface area contributed by atoms with Crippen molar-refractivity contribution >= 4 is 16.9 Å². The molecule has 0 aliphatic carbocycles. The van der Waals surface area contributed by atoms with Crippen molar-refractivity contribution in [3.8, 4) is 0 Å². The Morgan fingerprint density at radius 2 is 1.91 bits per heavy atom. The number of nitrogens with zero attached hydrogens (tertiary/aromatic N) is 2. The van der Waals surface area contributed by atoms with Crippen LogP contribution >= 0.6 is 0 Å². The largest absolute Gasteiger partial charge is 0.449 e. The number of halogens is 3. The van der Waals surface area contributed by atoms with Crippen molar-refractivity contribution in [3.63, 3.8) is 0 Å². The molecule has 2 atom stereocenters. The van der Waals surface area contributed by atoms with E-state index in [1.54, 1.807) is 4.90 Å². The van der Waals surface area contributed by atoms with E-state index in [1.807, 2.05) is 0 Å². The van der Waals surface area contributed by atoms with Crippen molar-refractivity contribution in [2.45, 2.75) is 26.4 Å². The van der Waals surface area contributed by atoms with Crippen LogP contribution in [0.15, 0.2) is 18.2 Å². The number of amides is 1. The van der Waals surface area contributed by atoms with Crippen LogP contribution < -0.4 is 0 Å². The van der Waals surface area contributed by atoms with E-state index in [-0.39, 0.29) is 16.9 Å². The molecule has 1 fully saturated rings. The molecule has 124 valence electrons. The molecule has 4 nitrogen and oxygen atoms in total. The molecule has 1 amide bonds. The molecule has 1 aromatic heterocycles. The van der Waals surface area contributed by atoms with E-state index in [0.717, 1.165) is 6.42 Å². The van der Waals surface area contributed by atoms with Gasteiger partial charge in [0.15, 0.2) is 0 Å². The highest BCUT2D eigenvalue weighted by molar-refractivity contribution is 5.97. The van der Waals surface area contributed by atoms with Gasteiger partial charge in [-0.3, -0.25) is 4.79 Å². The Labute approximate surface area is 131 Å². The zero-order valence-corrected chi connectivity index (χ0v) is 12.9. The summed E-state index contributed by atoms with van der Waals surface area (Å²) in [4.78, 5) is 20.1. The summed E-state index contributed by atoms with van der Waals surface area (Å²) < 4.78 is 38.1. The van der Waals surface area contributed by atoms with Crippen molar-refractivity contribution in [1.82, 2.24) is 14.9 Å². The second-order valence-corrected chi connectivity index (χ2v) is 6.47. The molecule has 0 radical (unpaired) electrons. The lowest BCUT2D eigenvalue weighted by atomic mass is 9.91. The molecule has 2 aromatic rings. The highest BCUT2D eigenvalue weighted by Gasteiger charge is 2.35. The first-order chi connectivity index (χ1) is 10.7. The normalized spacial score (nSPS) is 22.6. The Kier molecular flexibility index (Phi) is 3.82. The van der Waals surface area contributed by atoms with E-state index in [9.17, 15) is 18.0 Å². The van der Waals surface area contributed by atoms with Crippen LogP contribution in [0.4, 0.5) is 13.2 Å². The number of hydrogen-bond acceptors (Lipinski definition) is 2. The van der Waals surface area contributed by atoms with Gasteiger partial charge >= 0.3 is 6.18 Å². The van der Waals surface area contributed by atoms with Gasteiger partial charge in [-0.1, -0.05) is 13.8 Å². The number of aromatic amines is 1. The van der Waals surface area contributed by atoms with Gasteiger partial charge in [0.25, 0.3) is 5.91 Å². The van der Waals surface area contributed by atoms with Crippen LogP contribution in [0.3, 0.4) is 0 Å². The van der Waals surface area contributed by atoms with Crippen molar-refractivity contribution < 1.29 is 18.0 Å². The number of imidazole rings is 1. The molecule has 0 spiro atoms. The second-order valence-electron chi connectivity index (χ2n) is 6.47. The lowest BCUT2D eigenvalue weighted by Gasteiger charge is -2.35. The van der Waals surface area contributed by atoms with E-state index in [0.29, 0.717) is 30.5 Å². The van der Waals surface area contributed by atoms with Crippen molar-refractivity contribution in [1.29, 1.82) is 0 Å². The SMILES string of the molecule is C[C@H]1C[C@H](C)CN(C(=O)c2ccc3nc(C(F)(F)F)[nH]c3c2)C1. The minimum absolute atomic E-state index is 0.145. The van der Waals surface area contributed by atoms with E-state index in [1.165, 1.54) is 18.2 Å². The van der Waals surface area contributed by atoms with Crippen molar-refractivity contribution in [2.75, 3.05) is 13.1 Å². The van der Waals surface area contributed by atoms with Crippen molar-refractivity contribution in [3.05, 3.63) is 29.6 Å². The summed E-state index contributed by atoms with van der Waals surface area (Å²) in [5.41, 5.74) is 0.812. The average molecular weight is 325 g/mol. The fraction of sp³-hybridized carbons (Fsp3) is 0.500. The van der Waals surface area contributed by atoms with Gasteiger partial charge < -0.3 is 9.88 Å². The number of carbonyl (C=O) groups excluding carboxylic acids is 1. The molecule has 0 bridgehead atoms. The number of likely N-dealkylation sites (tertiary alicyclic amines) is 1. The first-order valence-corrected chi connectivity index (χ1v) is 7.60. The molecular formula is C16H18F3N3O. The Bertz CT molecular complexity index is 728. The number of nitrogens with one attached hydrogen (secondary N) is 1. The van der Waals surface area contributed by atoms with Crippen molar-refractivity contribution in [2.24, 2.45) is 11.8 Å². The molecule has 1 N–H and O–H groups in total. The first-order valence-electron chi connectivity index (χ1n) is 7.60. The van der Waals surface area contributed by atoms with Crippen LogP contribution in [0, 0.1) is 11.8 Å². The summed E-state index contributed by atoms with van der Waals surface area (Å²) in [5.74, 6) is -0.336. The van der Waals surface area contributed by atoms with Crippen LogP contribution in [0.2, 0.25) is 0 Å². The number of rotatable bonds is 1. The summed E-state index contributed by atoms with van der Waals surface area (Å²) in [7, 11) is 0. The van der Waals surface area contributed by atoms with E-state index < -0.39 is 12.0 Å². The minimum atomic E-state index is -4.53. The van der Waals surface area contributed by atoms with Crippen LogP contribution in [-0.4, -0.2) is 33.9 Å². The fourth-order valence-corrected chi connectivity index (χ4v) is 3.29. The summed E-state index contributed by atoms with van der Waals surface area (Å²) in [6.07, 6.45) is -3.45. The lowest BCUT2D eigenvalue weighted by molar-refractivity contribution is -0.144. The van der Waals surface area contributed by atoms with Gasteiger partial charge in [0, 0.05) is 18.7 Å². The van der Waals surface area contributed by atoms with Crippen LogP contribution in [0.5, 0.6) is 0 Å². The molecule has 1 aliphatic rings. The van der Waals surface area contributed by atoms with Gasteiger partial charge in [0.1, 0.15) is 0 Å². The number of benzene rings is 1. The third kappa shape index (κ3) is 3.18. The number of H-pyrrole nitrogens is 1. The first kappa shape index (κ1) is 15.8. The van der Waals surface area contributed by atoms with E-state index in [4.69, 9.17) is 0 Å². The Hall–Kier alpha value is -2.05. The quantitative estimate of drug-likeness (QED) is 0.869. The number of aromatic nitrogens is 2. The maximum absolute atomic E-state index is 12.7. The minimum Gasteiger partial charge on any atom is -0.338 e. The number of carbonyl (C=O) groups is 1. The zero-order valence-electron chi connectivity index (χ0n) is 12.9. The topological polar surface area (TPSA) is 49.0 Å². The number of fused-ring (bicyclic) bond motifs is 1. The fourth-order valence-electron chi connectivity index (χ4n) is 3.29. The summed E-state index contributed by atoms with van der Waals surface area (Å²) in [6, 6.07) is 4.44. The maximum atomic E-state index is 12.7. The molecule has 1 aromatic carbocycles.